The van der Waals surface area contributed by atoms with E-state index < -0.39 is 0 Å². The van der Waals surface area contributed by atoms with Crippen LogP contribution in [0.15, 0.2) is 17.4 Å². The molecule has 0 amide bonds. The Balaban J connectivity index is 0.00000180. The highest BCUT2D eigenvalue weighted by Gasteiger charge is 2.20. The van der Waals surface area contributed by atoms with Crippen LogP contribution >= 0.6 is 24.0 Å². The van der Waals surface area contributed by atoms with E-state index >= 15 is 0 Å². The first-order valence-electron chi connectivity index (χ1n) is 6.71. The van der Waals surface area contributed by atoms with Gasteiger partial charge in [-0.1, -0.05) is 0 Å². The number of hydrogen-bond acceptors (Lipinski definition) is 2. The van der Waals surface area contributed by atoms with Gasteiger partial charge in [-0.3, -0.25) is 9.67 Å². The Bertz CT molecular complexity index is 397. The molecule has 1 heterocycles. The molecule has 5 nitrogen and oxygen atoms in total. The molecule has 19 heavy (non-hydrogen) atoms. The van der Waals surface area contributed by atoms with Crippen LogP contribution < -0.4 is 10.6 Å². The number of aliphatic imine (C=N–C) groups is 1. The summed E-state index contributed by atoms with van der Waals surface area (Å²) in [5.74, 6) is 1.79. The van der Waals surface area contributed by atoms with Crippen LogP contribution in [-0.2, 0) is 6.54 Å². The molecular weight excluding hydrogens is 353 g/mol. The number of aromatic nitrogens is 2. The molecule has 6 heteroatoms. The number of nitrogens with zero attached hydrogens (tertiary/aromatic N) is 3. The van der Waals surface area contributed by atoms with Gasteiger partial charge in [0.2, 0.25) is 0 Å². The molecule has 108 valence electrons. The molecule has 1 aliphatic rings. The van der Waals surface area contributed by atoms with Crippen molar-refractivity contribution in [1.29, 1.82) is 0 Å². The number of rotatable bonds is 6. The molecule has 1 aromatic heterocycles. The minimum Gasteiger partial charge on any atom is -0.356 e. The van der Waals surface area contributed by atoms with Gasteiger partial charge in [0.15, 0.2) is 5.96 Å². The van der Waals surface area contributed by atoms with Crippen molar-refractivity contribution in [1.82, 2.24) is 20.4 Å². The van der Waals surface area contributed by atoms with Crippen molar-refractivity contribution in [3.63, 3.8) is 0 Å². The van der Waals surface area contributed by atoms with Crippen LogP contribution in [0.5, 0.6) is 0 Å². The smallest absolute Gasteiger partial charge is 0.190 e. The zero-order valence-electron chi connectivity index (χ0n) is 11.7. The molecule has 0 saturated heterocycles. The fourth-order valence-electron chi connectivity index (χ4n) is 1.82. The molecule has 1 aromatic rings. The van der Waals surface area contributed by atoms with Crippen molar-refractivity contribution >= 4 is 29.9 Å². The van der Waals surface area contributed by atoms with Crippen molar-refractivity contribution in [2.75, 3.05) is 20.1 Å². The van der Waals surface area contributed by atoms with Crippen LogP contribution in [0.4, 0.5) is 0 Å². The van der Waals surface area contributed by atoms with Gasteiger partial charge in [-0.2, -0.15) is 5.10 Å². The van der Waals surface area contributed by atoms with Crippen molar-refractivity contribution in [2.24, 2.45) is 10.9 Å². The fraction of sp³-hybridized carbons (Fsp3) is 0.692. The maximum atomic E-state index is 4.26. The van der Waals surface area contributed by atoms with Crippen molar-refractivity contribution in [3.05, 3.63) is 18.0 Å². The average molecular weight is 377 g/mol. The zero-order valence-corrected chi connectivity index (χ0v) is 14.1. The predicted octanol–water partition coefficient (Wildman–Crippen LogP) is 1.77. The topological polar surface area (TPSA) is 54.2 Å². The van der Waals surface area contributed by atoms with Crippen LogP contribution in [0.25, 0.3) is 0 Å². The summed E-state index contributed by atoms with van der Waals surface area (Å²) in [6, 6.07) is 0. The lowest BCUT2D eigenvalue weighted by molar-refractivity contribution is 0.569. The maximum Gasteiger partial charge on any atom is 0.190 e. The molecule has 0 bridgehead atoms. The first-order valence-corrected chi connectivity index (χ1v) is 6.71. The summed E-state index contributed by atoms with van der Waals surface area (Å²) < 4.78 is 1.98. The second kappa shape index (κ2) is 8.39. The first kappa shape index (κ1) is 16.3. The van der Waals surface area contributed by atoms with Crippen molar-refractivity contribution in [3.8, 4) is 0 Å². The van der Waals surface area contributed by atoms with Gasteiger partial charge in [0.05, 0.1) is 6.20 Å². The molecule has 1 aliphatic carbocycles. The van der Waals surface area contributed by atoms with E-state index in [-0.39, 0.29) is 24.0 Å². The quantitative estimate of drug-likeness (QED) is 0.344. The number of nitrogens with one attached hydrogen (secondary N) is 2. The van der Waals surface area contributed by atoms with Gasteiger partial charge < -0.3 is 10.6 Å². The molecule has 1 saturated carbocycles. The average Bonchev–Trinajstić information content (AvgIpc) is 3.11. The zero-order chi connectivity index (χ0) is 12.8. The molecule has 0 aliphatic heterocycles. The third-order valence-corrected chi connectivity index (χ3v) is 3.10. The van der Waals surface area contributed by atoms with Gasteiger partial charge in [0, 0.05) is 32.9 Å². The van der Waals surface area contributed by atoms with E-state index in [2.05, 4.69) is 33.8 Å². The lowest BCUT2D eigenvalue weighted by Gasteiger charge is -2.11. The van der Waals surface area contributed by atoms with Crippen LogP contribution in [0, 0.1) is 12.8 Å². The van der Waals surface area contributed by atoms with E-state index in [0.717, 1.165) is 37.9 Å². The Hall–Kier alpha value is -0.790. The molecule has 1 fully saturated rings. The van der Waals surface area contributed by atoms with E-state index in [0.29, 0.717) is 0 Å². The molecule has 2 rings (SSSR count). The largest absolute Gasteiger partial charge is 0.356 e. The van der Waals surface area contributed by atoms with Gasteiger partial charge in [-0.05, 0) is 37.7 Å². The van der Waals surface area contributed by atoms with Gasteiger partial charge in [-0.15, -0.1) is 24.0 Å². The van der Waals surface area contributed by atoms with E-state index in [1.54, 1.807) is 0 Å². The van der Waals surface area contributed by atoms with E-state index in [4.69, 9.17) is 0 Å². The molecule has 0 radical (unpaired) electrons. The monoisotopic (exact) mass is 377 g/mol. The highest BCUT2D eigenvalue weighted by molar-refractivity contribution is 14.0. The SMILES string of the molecule is CN=C(NCCCn1cc(C)cn1)NCC1CC1.I. The Morgan fingerprint density at radius 1 is 1.47 bits per heavy atom. The second-order valence-corrected chi connectivity index (χ2v) is 4.96. The Kier molecular flexibility index (Phi) is 7.19. The Morgan fingerprint density at radius 2 is 2.26 bits per heavy atom. The first-order chi connectivity index (χ1) is 8.78. The van der Waals surface area contributed by atoms with Crippen LogP contribution in [0.2, 0.25) is 0 Å². The van der Waals surface area contributed by atoms with E-state index in [9.17, 15) is 0 Å². The van der Waals surface area contributed by atoms with E-state index in [1.807, 2.05) is 17.9 Å². The number of guanidine groups is 1. The standard InChI is InChI=1S/C13H23N5.HI/c1-11-8-17-18(10-11)7-3-6-15-13(14-2)16-9-12-4-5-12;/h8,10,12H,3-7,9H2,1-2H3,(H2,14,15,16);1H. The van der Waals surface area contributed by atoms with Gasteiger partial charge in [-0.25, -0.2) is 0 Å². The summed E-state index contributed by atoms with van der Waals surface area (Å²) in [7, 11) is 1.82. The number of hydrogen-bond donors (Lipinski definition) is 2. The summed E-state index contributed by atoms with van der Waals surface area (Å²) in [5, 5.41) is 10.9. The predicted molar refractivity (Wildman–Crippen MR) is 89.1 cm³/mol. The summed E-state index contributed by atoms with van der Waals surface area (Å²) in [6.07, 6.45) is 7.74. The highest BCUT2D eigenvalue weighted by Crippen LogP contribution is 2.27. The van der Waals surface area contributed by atoms with Crippen molar-refractivity contribution < 1.29 is 0 Å². The molecule has 0 spiro atoms. The van der Waals surface area contributed by atoms with Crippen LogP contribution in [0.3, 0.4) is 0 Å². The maximum absolute atomic E-state index is 4.26. The fourth-order valence-corrected chi connectivity index (χ4v) is 1.82. The van der Waals surface area contributed by atoms with Gasteiger partial charge in [0.1, 0.15) is 0 Å². The van der Waals surface area contributed by atoms with Crippen molar-refractivity contribution in [2.45, 2.75) is 32.7 Å². The third-order valence-electron chi connectivity index (χ3n) is 3.10. The molecule has 2 N–H and O–H groups in total. The third kappa shape index (κ3) is 6.26. The number of halogens is 1. The summed E-state index contributed by atoms with van der Waals surface area (Å²) >= 11 is 0. The van der Waals surface area contributed by atoms with E-state index in [1.165, 1.54) is 18.4 Å². The van der Waals surface area contributed by atoms with Gasteiger partial charge >= 0.3 is 0 Å². The van der Waals surface area contributed by atoms with Crippen LogP contribution in [0.1, 0.15) is 24.8 Å². The normalized spacial score (nSPS) is 14.9. The Morgan fingerprint density at radius 3 is 2.84 bits per heavy atom. The summed E-state index contributed by atoms with van der Waals surface area (Å²) in [6.45, 7) is 4.98. The lowest BCUT2D eigenvalue weighted by atomic mass is 10.4. The lowest BCUT2D eigenvalue weighted by Crippen LogP contribution is -2.38. The molecule has 0 aromatic carbocycles. The summed E-state index contributed by atoms with van der Waals surface area (Å²) in [5.41, 5.74) is 1.21. The number of aryl methyl sites for hydroxylation is 2. The Labute approximate surface area is 132 Å². The molecular formula is C13H24IN5. The molecule has 0 unspecified atom stereocenters. The van der Waals surface area contributed by atoms with Crippen LogP contribution in [-0.4, -0.2) is 35.9 Å². The van der Waals surface area contributed by atoms with Gasteiger partial charge in [0.25, 0.3) is 0 Å². The second-order valence-electron chi connectivity index (χ2n) is 4.96. The highest BCUT2D eigenvalue weighted by atomic mass is 127. The minimum atomic E-state index is 0. The summed E-state index contributed by atoms with van der Waals surface area (Å²) in [4.78, 5) is 4.21. The minimum absolute atomic E-state index is 0. The molecule has 0 atom stereocenters.